The first-order valence-electron chi connectivity index (χ1n) is 5.72. The van der Waals surface area contributed by atoms with Crippen LogP contribution in [0.25, 0.3) is 0 Å². The van der Waals surface area contributed by atoms with Crippen molar-refractivity contribution in [3.63, 3.8) is 0 Å². The van der Waals surface area contributed by atoms with Crippen molar-refractivity contribution < 1.29 is 31.8 Å². The molecule has 0 aliphatic heterocycles. The van der Waals surface area contributed by atoms with E-state index in [0.29, 0.717) is 0 Å². The molecule has 0 amide bonds. The minimum atomic E-state index is -3.23. The monoisotopic (exact) mass is 307 g/mol. The van der Waals surface area contributed by atoms with Crippen LogP contribution in [0, 0.1) is 0 Å². The Balaban J connectivity index is 3.05. The van der Waals surface area contributed by atoms with E-state index in [0.717, 1.165) is 12.1 Å². The molecule has 0 unspecified atom stereocenters. The van der Waals surface area contributed by atoms with Crippen molar-refractivity contribution in [2.45, 2.75) is 13.2 Å². The van der Waals surface area contributed by atoms with Gasteiger partial charge in [-0.05, 0) is 18.2 Å². The number of rotatable bonds is 7. The highest BCUT2D eigenvalue weighted by molar-refractivity contribution is 6.04. The van der Waals surface area contributed by atoms with Crippen molar-refractivity contribution in [1.82, 2.24) is 4.90 Å². The molecule has 8 heteroatoms. The molecule has 0 spiro atoms. The topological polar surface area (TPSA) is 38.8 Å². The van der Waals surface area contributed by atoms with Gasteiger partial charge in [0.25, 0.3) is 0 Å². The van der Waals surface area contributed by atoms with Gasteiger partial charge >= 0.3 is 13.2 Å². The molecule has 0 atom stereocenters. The molecular formula is C13H13F4NO3. The standard InChI is InChI=1S/C13H13F4NO3/c1-18(2)6-5-9(19)8-3-4-10(20-12(14)15)11(7-8)21-13(16)17/h3-7,12-13H,1-2H3/b6-5+. The summed E-state index contributed by atoms with van der Waals surface area (Å²) < 4.78 is 57.0. The zero-order chi connectivity index (χ0) is 16.0. The van der Waals surface area contributed by atoms with Crippen LogP contribution in [0.2, 0.25) is 0 Å². The summed E-state index contributed by atoms with van der Waals surface area (Å²) >= 11 is 0. The fraction of sp³-hybridized carbons (Fsp3) is 0.308. The van der Waals surface area contributed by atoms with E-state index in [1.807, 2.05) is 0 Å². The van der Waals surface area contributed by atoms with Crippen molar-refractivity contribution >= 4 is 5.78 Å². The Kier molecular flexibility index (Phi) is 6.01. The lowest BCUT2D eigenvalue weighted by Crippen LogP contribution is -2.09. The lowest BCUT2D eigenvalue weighted by atomic mass is 10.1. The SMILES string of the molecule is CN(C)/C=C/C(=O)c1ccc(OC(F)F)c(OC(F)F)c1. The van der Waals surface area contributed by atoms with E-state index in [4.69, 9.17) is 0 Å². The Morgan fingerprint density at radius 3 is 2.19 bits per heavy atom. The van der Waals surface area contributed by atoms with Gasteiger partial charge in [0.2, 0.25) is 0 Å². The fourth-order valence-corrected chi connectivity index (χ4v) is 1.36. The molecule has 0 heterocycles. The summed E-state index contributed by atoms with van der Waals surface area (Å²) in [5.74, 6) is -1.70. The lowest BCUT2D eigenvalue weighted by Gasteiger charge is -2.12. The first kappa shape index (κ1) is 16.8. The molecule has 1 rings (SSSR count). The summed E-state index contributed by atoms with van der Waals surface area (Å²) in [6.07, 6.45) is 2.66. The molecule has 0 saturated heterocycles. The largest absolute Gasteiger partial charge is 0.431 e. The summed E-state index contributed by atoms with van der Waals surface area (Å²) in [4.78, 5) is 13.4. The third-order valence-electron chi connectivity index (χ3n) is 2.18. The predicted molar refractivity (Wildman–Crippen MR) is 66.9 cm³/mol. The molecule has 0 aliphatic rings. The van der Waals surface area contributed by atoms with Gasteiger partial charge in [-0.3, -0.25) is 4.79 Å². The van der Waals surface area contributed by atoms with Crippen LogP contribution in [0.1, 0.15) is 10.4 Å². The van der Waals surface area contributed by atoms with Gasteiger partial charge in [0.1, 0.15) is 0 Å². The van der Waals surface area contributed by atoms with Gasteiger partial charge < -0.3 is 14.4 Å². The van der Waals surface area contributed by atoms with E-state index >= 15 is 0 Å². The molecule has 0 radical (unpaired) electrons. The Morgan fingerprint density at radius 2 is 1.67 bits per heavy atom. The number of allylic oxidation sites excluding steroid dienone is 1. The zero-order valence-electron chi connectivity index (χ0n) is 11.2. The van der Waals surface area contributed by atoms with E-state index in [2.05, 4.69) is 9.47 Å². The molecule has 0 bridgehead atoms. The second-order valence-electron chi connectivity index (χ2n) is 4.06. The fourth-order valence-electron chi connectivity index (χ4n) is 1.36. The number of halogens is 4. The van der Waals surface area contributed by atoms with Gasteiger partial charge in [0.15, 0.2) is 17.3 Å². The van der Waals surface area contributed by atoms with Crippen LogP contribution >= 0.6 is 0 Å². The number of nitrogens with zero attached hydrogens (tertiary/aromatic N) is 1. The van der Waals surface area contributed by atoms with E-state index in [1.54, 1.807) is 19.0 Å². The van der Waals surface area contributed by atoms with E-state index in [-0.39, 0.29) is 5.56 Å². The number of carbonyl (C=O) groups is 1. The quantitative estimate of drug-likeness (QED) is 0.441. The third-order valence-corrected chi connectivity index (χ3v) is 2.18. The Labute approximate surface area is 118 Å². The van der Waals surface area contributed by atoms with Gasteiger partial charge in [-0.25, -0.2) is 0 Å². The summed E-state index contributed by atoms with van der Waals surface area (Å²) in [5.41, 5.74) is 0.00497. The van der Waals surface area contributed by atoms with Crippen LogP contribution in [0.5, 0.6) is 11.5 Å². The summed E-state index contributed by atoms with van der Waals surface area (Å²) in [6.45, 7) is -6.42. The van der Waals surface area contributed by atoms with Crippen molar-refractivity contribution in [2.24, 2.45) is 0 Å². The van der Waals surface area contributed by atoms with Crippen molar-refractivity contribution in [1.29, 1.82) is 0 Å². The molecule has 0 saturated carbocycles. The van der Waals surface area contributed by atoms with Crippen LogP contribution < -0.4 is 9.47 Å². The van der Waals surface area contributed by atoms with Gasteiger partial charge in [0.05, 0.1) is 0 Å². The van der Waals surface area contributed by atoms with Gasteiger partial charge in [-0.15, -0.1) is 0 Å². The Hall–Kier alpha value is -2.25. The molecule has 0 aromatic heterocycles. The van der Waals surface area contributed by atoms with E-state index < -0.39 is 30.5 Å². The van der Waals surface area contributed by atoms with Crippen LogP contribution in [0.4, 0.5) is 17.6 Å². The Morgan fingerprint density at radius 1 is 1.10 bits per heavy atom. The smallest absolute Gasteiger partial charge is 0.387 e. The maximum absolute atomic E-state index is 12.3. The van der Waals surface area contributed by atoms with Gasteiger partial charge in [0, 0.05) is 31.9 Å². The highest BCUT2D eigenvalue weighted by Gasteiger charge is 2.16. The maximum atomic E-state index is 12.3. The predicted octanol–water partition coefficient (Wildman–Crippen LogP) is 3.15. The molecule has 0 fully saturated rings. The zero-order valence-corrected chi connectivity index (χ0v) is 11.2. The summed E-state index contributed by atoms with van der Waals surface area (Å²) in [7, 11) is 3.38. The number of benzene rings is 1. The lowest BCUT2D eigenvalue weighted by molar-refractivity contribution is -0.0692. The second-order valence-corrected chi connectivity index (χ2v) is 4.06. The average molecular weight is 307 g/mol. The van der Waals surface area contributed by atoms with Crippen molar-refractivity contribution in [2.75, 3.05) is 14.1 Å². The maximum Gasteiger partial charge on any atom is 0.387 e. The van der Waals surface area contributed by atoms with Crippen LogP contribution in [-0.4, -0.2) is 38.0 Å². The number of ketones is 1. The summed E-state index contributed by atoms with van der Waals surface area (Å²) in [5, 5.41) is 0. The molecule has 116 valence electrons. The molecule has 21 heavy (non-hydrogen) atoms. The first-order valence-corrected chi connectivity index (χ1v) is 5.72. The number of ether oxygens (including phenoxy) is 2. The molecular weight excluding hydrogens is 294 g/mol. The highest BCUT2D eigenvalue weighted by Crippen LogP contribution is 2.31. The number of alkyl halides is 4. The minimum Gasteiger partial charge on any atom is -0.431 e. The number of hydrogen-bond acceptors (Lipinski definition) is 4. The first-order chi connectivity index (χ1) is 9.79. The second kappa shape index (κ2) is 7.51. The molecule has 1 aromatic rings. The van der Waals surface area contributed by atoms with Crippen LogP contribution in [0.15, 0.2) is 30.5 Å². The normalized spacial score (nSPS) is 11.2. The van der Waals surface area contributed by atoms with Gasteiger partial charge in [-0.1, -0.05) is 0 Å². The number of hydrogen-bond donors (Lipinski definition) is 0. The minimum absolute atomic E-state index is 0.00497. The van der Waals surface area contributed by atoms with E-state index in [1.165, 1.54) is 18.3 Å². The van der Waals surface area contributed by atoms with Crippen LogP contribution in [-0.2, 0) is 0 Å². The molecule has 0 aliphatic carbocycles. The Bertz CT molecular complexity index is 518. The van der Waals surface area contributed by atoms with Crippen LogP contribution in [0.3, 0.4) is 0 Å². The van der Waals surface area contributed by atoms with Crippen molar-refractivity contribution in [3.8, 4) is 11.5 Å². The third kappa shape index (κ3) is 5.72. The number of carbonyl (C=O) groups excluding carboxylic acids is 1. The molecule has 0 N–H and O–H groups in total. The average Bonchev–Trinajstić information content (AvgIpc) is 2.36. The molecule has 4 nitrogen and oxygen atoms in total. The highest BCUT2D eigenvalue weighted by atomic mass is 19.3. The van der Waals surface area contributed by atoms with Crippen molar-refractivity contribution in [3.05, 3.63) is 36.0 Å². The molecule has 1 aromatic carbocycles. The summed E-state index contributed by atoms with van der Waals surface area (Å²) in [6, 6.07) is 3.07. The van der Waals surface area contributed by atoms with Gasteiger partial charge in [-0.2, -0.15) is 17.6 Å². The van der Waals surface area contributed by atoms with E-state index in [9.17, 15) is 22.4 Å².